The van der Waals surface area contributed by atoms with Gasteiger partial charge < -0.3 is 10.4 Å². The molecule has 2 nitrogen and oxygen atoms in total. The molecule has 1 atom stereocenters. The van der Waals surface area contributed by atoms with Gasteiger partial charge in [-0.15, -0.1) is 0 Å². The Kier molecular flexibility index (Phi) is 6.81. The normalized spacial score (nSPS) is 12.6. The maximum absolute atomic E-state index is 9.76. The molecule has 0 spiro atoms. The van der Waals surface area contributed by atoms with E-state index in [4.69, 9.17) is 0 Å². The SMILES string of the molecule is CCCCC(CC)CNCc1cc(C)ccc1O. The summed E-state index contributed by atoms with van der Waals surface area (Å²) in [4.78, 5) is 0. The highest BCUT2D eigenvalue weighted by molar-refractivity contribution is 5.35. The van der Waals surface area contributed by atoms with Crippen LogP contribution >= 0.6 is 0 Å². The van der Waals surface area contributed by atoms with Crippen LogP contribution in [0.2, 0.25) is 0 Å². The maximum atomic E-state index is 9.76. The summed E-state index contributed by atoms with van der Waals surface area (Å²) in [5, 5.41) is 13.2. The van der Waals surface area contributed by atoms with Crippen molar-refractivity contribution in [2.24, 2.45) is 5.92 Å². The van der Waals surface area contributed by atoms with E-state index in [0.717, 1.165) is 24.6 Å². The summed E-state index contributed by atoms with van der Waals surface area (Å²) in [6.45, 7) is 8.36. The fraction of sp³-hybridized carbons (Fsp3) is 0.625. The summed E-state index contributed by atoms with van der Waals surface area (Å²) >= 11 is 0. The minimum Gasteiger partial charge on any atom is -0.508 e. The van der Waals surface area contributed by atoms with Gasteiger partial charge in [-0.05, 0) is 31.9 Å². The van der Waals surface area contributed by atoms with E-state index in [9.17, 15) is 5.11 Å². The van der Waals surface area contributed by atoms with Gasteiger partial charge in [0, 0.05) is 12.1 Å². The Bertz CT molecular complexity index is 349. The van der Waals surface area contributed by atoms with Crippen LogP contribution in [0.5, 0.6) is 5.75 Å². The lowest BCUT2D eigenvalue weighted by Crippen LogP contribution is -2.22. The fourth-order valence-corrected chi connectivity index (χ4v) is 2.21. The number of aryl methyl sites for hydroxylation is 1. The molecular weight excluding hydrogens is 222 g/mol. The fourth-order valence-electron chi connectivity index (χ4n) is 2.21. The predicted molar refractivity (Wildman–Crippen MR) is 77.9 cm³/mol. The largest absolute Gasteiger partial charge is 0.508 e. The van der Waals surface area contributed by atoms with Crippen LogP contribution in [-0.2, 0) is 6.54 Å². The Hall–Kier alpha value is -1.02. The monoisotopic (exact) mass is 249 g/mol. The summed E-state index contributed by atoms with van der Waals surface area (Å²) in [5.74, 6) is 1.16. The predicted octanol–water partition coefficient (Wildman–Crippen LogP) is 4.01. The number of phenols is 1. The third kappa shape index (κ3) is 5.09. The van der Waals surface area contributed by atoms with Crippen molar-refractivity contribution in [2.45, 2.75) is 53.0 Å². The minimum atomic E-state index is 0.398. The van der Waals surface area contributed by atoms with Crippen LogP contribution in [-0.4, -0.2) is 11.7 Å². The van der Waals surface area contributed by atoms with Gasteiger partial charge in [0.2, 0.25) is 0 Å². The van der Waals surface area contributed by atoms with Crippen LogP contribution in [0.4, 0.5) is 0 Å². The molecule has 1 rings (SSSR count). The first-order chi connectivity index (χ1) is 8.67. The molecule has 0 bridgehead atoms. The molecule has 2 heteroatoms. The van der Waals surface area contributed by atoms with Crippen LogP contribution in [0.1, 0.15) is 50.7 Å². The number of rotatable bonds is 8. The molecule has 0 aliphatic rings. The highest BCUT2D eigenvalue weighted by Gasteiger charge is 2.06. The van der Waals surface area contributed by atoms with Crippen molar-refractivity contribution < 1.29 is 5.11 Å². The Morgan fingerprint density at radius 2 is 2.06 bits per heavy atom. The molecule has 0 heterocycles. The first kappa shape index (κ1) is 15.0. The van der Waals surface area contributed by atoms with E-state index in [-0.39, 0.29) is 0 Å². The smallest absolute Gasteiger partial charge is 0.120 e. The molecule has 0 saturated heterocycles. The van der Waals surface area contributed by atoms with Crippen LogP contribution in [0.25, 0.3) is 0 Å². The maximum Gasteiger partial charge on any atom is 0.120 e. The second kappa shape index (κ2) is 8.15. The van der Waals surface area contributed by atoms with Gasteiger partial charge in [0.05, 0.1) is 0 Å². The van der Waals surface area contributed by atoms with E-state index < -0.39 is 0 Å². The topological polar surface area (TPSA) is 32.3 Å². The summed E-state index contributed by atoms with van der Waals surface area (Å²) in [6.07, 6.45) is 5.12. The van der Waals surface area contributed by atoms with Crippen LogP contribution < -0.4 is 5.32 Å². The molecule has 0 fully saturated rings. The molecule has 0 saturated carbocycles. The van der Waals surface area contributed by atoms with Gasteiger partial charge in [-0.25, -0.2) is 0 Å². The molecule has 2 N–H and O–H groups in total. The molecular formula is C16H27NO. The van der Waals surface area contributed by atoms with Crippen molar-refractivity contribution in [1.82, 2.24) is 5.32 Å². The van der Waals surface area contributed by atoms with E-state index in [0.29, 0.717) is 5.75 Å². The molecule has 1 aromatic rings. The van der Waals surface area contributed by atoms with Crippen molar-refractivity contribution >= 4 is 0 Å². The van der Waals surface area contributed by atoms with E-state index >= 15 is 0 Å². The van der Waals surface area contributed by atoms with E-state index in [1.807, 2.05) is 6.07 Å². The Morgan fingerprint density at radius 3 is 2.72 bits per heavy atom. The number of hydrogen-bond donors (Lipinski definition) is 2. The van der Waals surface area contributed by atoms with Gasteiger partial charge in [-0.3, -0.25) is 0 Å². The first-order valence-electron chi connectivity index (χ1n) is 7.16. The molecule has 1 aromatic carbocycles. The zero-order valence-corrected chi connectivity index (χ0v) is 12.0. The van der Waals surface area contributed by atoms with E-state index in [1.54, 1.807) is 6.07 Å². The number of unbranched alkanes of at least 4 members (excludes halogenated alkanes) is 1. The lowest BCUT2D eigenvalue weighted by atomic mass is 9.99. The average molecular weight is 249 g/mol. The van der Waals surface area contributed by atoms with E-state index in [1.165, 1.54) is 31.2 Å². The van der Waals surface area contributed by atoms with Crippen molar-refractivity contribution in [3.63, 3.8) is 0 Å². The third-order valence-corrected chi connectivity index (χ3v) is 3.53. The molecule has 18 heavy (non-hydrogen) atoms. The number of aromatic hydroxyl groups is 1. The molecule has 0 aliphatic carbocycles. The Morgan fingerprint density at radius 1 is 1.28 bits per heavy atom. The number of nitrogens with one attached hydrogen (secondary N) is 1. The van der Waals surface area contributed by atoms with Gasteiger partial charge in [-0.2, -0.15) is 0 Å². The summed E-state index contributed by atoms with van der Waals surface area (Å²) in [6, 6.07) is 5.77. The summed E-state index contributed by atoms with van der Waals surface area (Å²) in [7, 11) is 0. The molecule has 0 aliphatic heterocycles. The van der Waals surface area contributed by atoms with Crippen LogP contribution in [0.15, 0.2) is 18.2 Å². The van der Waals surface area contributed by atoms with Gasteiger partial charge in [0.15, 0.2) is 0 Å². The number of benzene rings is 1. The zero-order chi connectivity index (χ0) is 13.4. The molecule has 102 valence electrons. The third-order valence-electron chi connectivity index (χ3n) is 3.53. The quantitative estimate of drug-likeness (QED) is 0.729. The molecule has 1 unspecified atom stereocenters. The van der Waals surface area contributed by atoms with Gasteiger partial charge >= 0.3 is 0 Å². The second-order valence-electron chi connectivity index (χ2n) is 5.18. The first-order valence-corrected chi connectivity index (χ1v) is 7.16. The van der Waals surface area contributed by atoms with E-state index in [2.05, 4.69) is 32.2 Å². The average Bonchev–Trinajstić information content (AvgIpc) is 2.37. The Labute approximate surface area is 111 Å². The highest BCUT2D eigenvalue weighted by Crippen LogP contribution is 2.18. The number of phenolic OH excluding ortho intramolecular Hbond substituents is 1. The van der Waals surface area contributed by atoms with Crippen LogP contribution in [0.3, 0.4) is 0 Å². The van der Waals surface area contributed by atoms with Crippen molar-refractivity contribution in [3.8, 4) is 5.75 Å². The standard InChI is InChI=1S/C16H27NO/c1-4-6-7-14(5-2)11-17-12-15-10-13(3)8-9-16(15)18/h8-10,14,17-18H,4-7,11-12H2,1-3H3. The molecule has 0 aromatic heterocycles. The molecule has 0 amide bonds. The van der Waals surface area contributed by atoms with Gasteiger partial charge in [0.1, 0.15) is 5.75 Å². The Balaban J connectivity index is 2.37. The van der Waals surface area contributed by atoms with Gasteiger partial charge in [-0.1, -0.05) is 50.8 Å². The lowest BCUT2D eigenvalue weighted by molar-refractivity contribution is 0.414. The number of hydrogen-bond acceptors (Lipinski definition) is 2. The minimum absolute atomic E-state index is 0.398. The summed E-state index contributed by atoms with van der Waals surface area (Å²) < 4.78 is 0. The van der Waals surface area contributed by atoms with Crippen molar-refractivity contribution in [3.05, 3.63) is 29.3 Å². The summed E-state index contributed by atoms with van der Waals surface area (Å²) in [5.41, 5.74) is 2.20. The van der Waals surface area contributed by atoms with Gasteiger partial charge in [0.25, 0.3) is 0 Å². The zero-order valence-electron chi connectivity index (χ0n) is 12.0. The van der Waals surface area contributed by atoms with Crippen molar-refractivity contribution in [2.75, 3.05) is 6.54 Å². The lowest BCUT2D eigenvalue weighted by Gasteiger charge is -2.15. The van der Waals surface area contributed by atoms with Crippen LogP contribution in [0, 0.1) is 12.8 Å². The second-order valence-corrected chi connectivity index (χ2v) is 5.18. The van der Waals surface area contributed by atoms with Crippen molar-refractivity contribution in [1.29, 1.82) is 0 Å². The molecule has 0 radical (unpaired) electrons. The highest BCUT2D eigenvalue weighted by atomic mass is 16.3.